The largest absolute Gasteiger partial charge is 0.171 e. The first-order valence-corrected chi connectivity index (χ1v) is 5.96. The first-order chi connectivity index (χ1) is 7.10. The van der Waals surface area contributed by atoms with Crippen molar-refractivity contribution in [3.63, 3.8) is 0 Å². The molecule has 84 valence electrons. The number of nitroso groups, excluding NO2 is 1. The van der Waals surface area contributed by atoms with E-state index in [4.69, 9.17) is 0 Å². The molecule has 0 aliphatic heterocycles. The van der Waals surface area contributed by atoms with E-state index in [-0.39, 0.29) is 11.3 Å². The molecule has 1 rings (SSSR count). The highest BCUT2D eigenvalue weighted by Crippen LogP contribution is 2.32. The summed E-state index contributed by atoms with van der Waals surface area (Å²) < 4.78 is 0. The lowest BCUT2D eigenvalue weighted by molar-refractivity contribution is 0.350. The second-order valence-electron chi connectivity index (χ2n) is 4.40. The van der Waals surface area contributed by atoms with Crippen LogP contribution in [0.5, 0.6) is 0 Å². The molecule has 4 atom stereocenters. The Morgan fingerprint density at radius 1 is 1.53 bits per heavy atom. The fourth-order valence-corrected chi connectivity index (χ4v) is 2.47. The van der Waals surface area contributed by atoms with Crippen molar-refractivity contribution in [2.45, 2.75) is 38.0 Å². The molecule has 2 nitrogen and oxygen atoms in total. The zero-order valence-corrected chi connectivity index (χ0v) is 10.3. The van der Waals surface area contributed by atoms with Gasteiger partial charge in [0.15, 0.2) is 0 Å². The summed E-state index contributed by atoms with van der Waals surface area (Å²) in [6, 6.07) is -0.206. The predicted octanol–water partition coefficient (Wildman–Crippen LogP) is 3.60. The Hall–Kier alpha value is -0.570. The number of nitrogens with zero attached hydrogens (tertiary/aromatic N) is 1. The van der Waals surface area contributed by atoms with Gasteiger partial charge in [0, 0.05) is 5.25 Å². The van der Waals surface area contributed by atoms with Crippen molar-refractivity contribution in [1.82, 2.24) is 0 Å². The van der Waals surface area contributed by atoms with Gasteiger partial charge in [0.2, 0.25) is 0 Å². The Balaban J connectivity index is 2.96. The van der Waals surface area contributed by atoms with Gasteiger partial charge in [-0.2, -0.15) is 17.5 Å². The first-order valence-electron chi connectivity index (χ1n) is 5.44. The molecule has 0 N–H and O–H groups in total. The Labute approximate surface area is 97.2 Å². The average Bonchev–Trinajstić information content (AvgIpc) is 2.26. The second-order valence-corrected chi connectivity index (χ2v) is 4.96. The van der Waals surface area contributed by atoms with Crippen LogP contribution >= 0.6 is 12.6 Å². The molecule has 0 saturated carbocycles. The van der Waals surface area contributed by atoms with Crippen LogP contribution in [0.4, 0.5) is 0 Å². The van der Waals surface area contributed by atoms with E-state index < -0.39 is 0 Å². The standard InChI is InChI=1S/C12H19NOS/c1-4-10-7-11(13-14)6-5-8(2)9(3)12(10)15/h4,7-9,11-12,15H,1,5-6H2,2-3H3/b10-7-. The van der Waals surface area contributed by atoms with Gasteiger partial charge < -0.3 is 0 Å². The van der Waals surface area contributed by atoms with Gasteiger partial charge in [-0.15, -0.1) is 0 Å². The minimum atomic E-state index is -0.206. The maximum Gasteiger partial charge on any atom is 0.111 e. The molecule has 4 unspecified atom stereocenters. The zero-order chi connectivity index (χ0) is 11.4. The van der Waals surface area contributed by atoms with Crippen molar-refractivity contribution in [1.29, 1.82) is 0 Å². The molecule has 1 aliphatic rings. The molecule has 0 radical (unpaired) electrons. The van der Waals surface area contributed by atoms with Crippen LogP contribution in [-0.4, -0.2) is 11.3 Å². The summed E-state index contributed by atoms with van der Waals surface area (Å²) in [4.78, 5) is 10.6. The van der Waals surface area contributed by atoms with Gasteiger partial charge in [0.25, 0.3) is 0 Å². The maximum absolute atomic E-state index is 10.6. The zero-order valence-electron chi connectivity index (χ0n) is 9.39. The minimum Gasteiger partial charge on any atom is -0.171 e. The molecule has 0 aromatic carbocycles. The van der Waals surface area contributed by atoms with Crippen molar-refractivity contribution in [3.8, 4) is 0 Å². The third-order valence-electron chi connectivity index (χ3n) is 3.41. The highest BCUT2D eigenvalue weighted by atomic mass is 32.1. The van der Waals surface area contributed by atoms with E-state index >= 15 is 0 Å². The second kappa shape index (κ2) is 5.50. The van der Waals surface area contributed by atoms with Crippen LogP contribution in [0.15, 0.2) is 29.5 Å². The monoisotopic (exact) mass is 225 g/mol. The van der Waals surface area contributed by atoms with Crippen LogP contribution in [0.2, 0.25) is 0 Å². The molecule has 0 bridgehead atoms. The van der Waals surface area contributed by atoms with Gasteiger partial charge in [0.1, 0.15) is 6.04 Å². The summed E-state index contributed by atoms with van der Waals surface area (Å²) in [5.41, 5.74) is 1.04. The third-order valence-corrected chi connectivity index (χ3v) is 4.18. The van der Waals surface area contributed by atoms with Crippen molar-refractivity contribution in [2.75, 3.05) is 0 Å². The molecular formula is C12H19NOS. The number of hydrogen-bond acceptors (Lipinski definition) is 3. The summed E-state index contributed by atoms with van der Waals surface area (Å²) in [5.74, 6) is 1.07. The summed E-state index contributed by atoms with van der Waals surface area (Å²) in [6.07, 6.45) is 5.59. The van der Waals surface area contributed by atoms with Crippen molar-refractivity contribution in [3.05, 3.63) is 29.2 Å². The Morgan fingerprint density at radius 3 is 2.73 bits per heavy atom. The molecule has 0 aromatic rings. The summed E-state index contributed by atoms with van der Waals surface area (Å²) in [7, 11) is 0. The van der Waals surface area contributed by atoms with Gasteiger partial charge in [-0.3, -0.25) is 0 Å². The van der Waals surface area contributed by atoms with E-state index in [1.807, 2.05) is 6.08 Å². The summed E-state index contributed by atoms with van der Waals surface area (Å²) in [5, 5.41) is 3.30. The third kappa shape index (κ3) is 2.94. The number of allylic oxidation sites excluding steroid dienone is 1. The maximum atomic E-state index is 10.6. The SMILES string of the molecule is C=C/C1=C/C(N=O)CCC(C)C(C)C1S. The van der Waals surface area contributed by atoms with E-state index in [1.54, 1.807) is 6.08 Å². The van der Waals surface area contributed by atoms with Gasteiger partial charge in [-0.05, 0) is 30.3 Å². The van der Waals surface area contributed by atoms with Crippen molar-refractivity contribution >= 4 is 12.6 Å². The lowest BCUT2D eigenvalue weighted by Gasteiger charge is -2.29. The Bertz CT molecular complexity index is 275. The van der Waals surface area contributed by atoms with Crippen molar-refractivity contribution in [2.24, 2.45) is 17.0 Å². The van der Waals surface area contributed by atoms with Crippen LogP contribution in [0, 0.1) is 16.7 Å². The van der Waals surface area contributed by atoms with Crippen LogP contribution in [0.25, 0.3) is 0 Å². The van der Waals surface area contributed by atoms with E-state index in [0.29, 0.717) is 11.8 Å². The molecule has 0 fully saturated rings. The van der Waals surface area contributed by atoms with Crippen LogP contribution in [0.1, 0.15) is 26.7 Å². The van der Waals surface area contributed by atoms with Crippen LogP contribution in [-0.2, 0) is 0 Å². The van der Waals surface area contributed by atoms with E-state index in [2.05, 4.69) is 38.2 Å². The summed E-state index contributed by atoms with van der Waals surface area (Å²) >= 11 is 4.60. The highest BCUT2D eigenvalue weighted by molar-refractivity contribution is 7.81. The number of thiol groups is 1. The fraction of sp³-hybridized carbons (Fsp3) is 0.667. The molecule has 15 heavy (non-hydrogen) atoms. The lowest BCUT2D eigenvalue weighted by Crippen LogP contribution is -2.24. The molecule has 0 aromatic heterocycles. The molecular weight excluding hydrogens is 206 g/mol. The summed E-state index contributed by atoms with van der Waals surface area (Å²) in [6.45, 7) is 8.19. The lowest BCUT2D eigenvalue weighted by atomic mass is 9.82. The topological polar surface area (TPSA) is 29.4 Å². The Kier molecular flexibility index (Phi) is 4.58. The van der Waals surface area contributed by atoms with E-state index in [9.17, 15) is 4.91 Å². The molecule has 0 heterocycles. The molecule has 0 spiro atoms. The quantitative estimate of drug-likeness (QED) is 0.564. The van der Waals surface area contributed by atoms with E-state index in [0.717, 1.165) is 18.4 Å². The number of hydrogen-bond donors (Lipinski definition) is 1. The van der Waals surface area contributed by atoms with Crippen LogP contribution < -0.4 is 0 Å². The minimum absolute atomic E-state index is 0.169. The van der Waals surface area contributed by atoms with E-state index in [1.165, 1.54) is 0 Å². The highest BCUT2D eigenvalue weighted by Gasteiger charge is 2.25. The predicted molar refractivity (Wildman–Crippen MR) is 68.2 cm³/mol. The van der Waals surface area contributed by atoms with Crippen LogP contribution in [0.3, 0.4) is 0 Å². The smallest absolute Gasteiger partial charge is 0.111 e. The number of rotatable bonds is 2. The van der Waals surface area contributed by atoms with Gasteiger partial charge in [-0.1, -0.05) is 37.8 Å². The van der Waals surface area contributed by atoms with Crippen molar-refractivity contribution < 1.29 is 0 Å². The molecule has 3 heteroatoms. The molecule has 0 amide bonds. The fourth-order valence-electron chi connectivity index (χ4n) is 1.99. The first kappa shape index (κ1) is 12.5. The van der Waals surface area contributed by atoms with Gasteiger partial charge in [-0.25, -0.2) is 0 Å². The molecule has 1 aliphatic carbocycles. The Morgan fingerprint density at radius 2 is 2.20 bits per heavy atom. The van der Waals surface area contributed by atoms with Gasteiger partial charge in [0.05, 0.1) is 0 Å². The molecule has 0 saturated heterocycles. The van der Waals surface area contributed by atoms with Gasteiger partial charge >= 0.3 is 0 Å². The average molecular weight is 225 g/mol. The normalized spacial score (nSPS) is 40.9.